The molecule has 0 amide bonds. The molecular formula is C20H26N2O4S. The van der Waals surface area contributed by atoms with Gasteiger partial charge < -0.3 is 9.47 Å². The van der Waals surface area contributed by atoms with Crippen molar-refractivity contribution in [1.82, 2.24) is 9.21 Å². The van der Waals surface area contributed by atoms with Crippen molar-refractivity contribution in [2.24, 2.45) is 0 Å². The minimum absolute atomic E-state index is 0.0639. The highest BCUT2D eigenvalue weighted by Gasteiger charge is 2.26. The van der Waals surface area contributed by atoms with E-state index in [0.717, 1.165) is 36.7 Å². The molecule has 0 aromatic heterocycles. The number of benzene rings is 2. The van der Waals surface area contributed by atoms with Crippen molar-refractivity contribution < 1.29 is 17.9 Å². The summed E-state index contributed by atoms with van der Waals surface area (Å²) >= 11 is 0. The lowest BCUT2D eigenvalue weighted by molar-refractivity contribution is 0.158. The molecule has 0 N–H and O–H groups in total. The zero-order valence-electron chi connectivity index (χ0n) is 15.6. The highest BCUT2D eigenvalue weighted by atomic mass is 32.2. The van der Waals surface area contributed by atoms with Crippen molar-refractivity contribution in [3.05, 3.63) is 60.2 Å². The maximum absolute atomic E-state index is 12.6. The van der Waals surface area contributed by atoms with E-state index in [0.29, 0.717) is 19.7 Å². The second-order valence-electron chi connectivity index (χ2n) is 6.51. The summed E-state index contributed by atoms with van der Waals surface area (Å²) in [4.78, 5) is 2.23. The van der Waals surface area contributed by atoms with Crippen molar-refractivity contribution in [2.45, 2.75) is 5.75 Å². The first-order chi connectivity index (χ1) is 13.1. The molecule has 0 atom stereocenters. The van der Waals surface area contributed by atoms with Gasteiger partial charge in [-0.05, 0) is 29.8 Å². The molecule has 0 spiro atoms. The van der Waals surface area contributed by atoms with Crippen LogP contribution in [0.5, 0.6) is 11.5 Å². The van der Waals surface area contributed by atoms with E-state index in [1.165, 1.54) is 0 Å². The van der Waals surface area contributed by atoms with Gasteiger partial charge in [0.05, 0.1) is 12.9 Å². The topological polar surface area (TPSA) is 59.1 Å². The van der Waals surface area contributed by atoms with Crippen molar-refractivity contribution in [1.29, 1.82) is 0 Å². The Balaban J connectivity index is 1.41. The fraction of sp³-hybridized carbons (Fsp3) is 0.400. The first-order valence-corrected chi connectivity index (χ1v) is 10.7. The van der Waals surface area contributed by atoms with Gasteiger partial charge in [0.2, 0.25) is 10.0 Å². The summed E-state index contributed by atoms with van der Waals surface area (Å²) in [5, 5.41) is 0. The van der Waals surface area contributed by atoms with Crippen LogP contribution in [-0.4, -0.2) is 64.1 Å². The lowest BCUT2D eigenvalue weighted by atomic mass is 10.2. The number of hydrogen-bond acceptors (Lipinski definition) is 5. The molecule has 0 radical (unpaired) electrons. The summed E-state index contributed by atoms with van der Waals surface area (Å²) in [5.41, 5.74) is 0.827. The molecule has 2 aromatic rings. The van der Waals surface area contributed by atoms with E-state index in [2.05, 4.69) is 4.90 Å². The molecule has 27 heavy (non-hydrogen) atoms. The molecule has 1 aliphatic rings. The van der Waals surface area contributed by atoms with E-state index < -0.39 is 10.0 Å². The normalized spacial score (nSPS) is 16.2. The SMILES string of the molecule is COc1ccc(OCCN2CCN(S(=O)(=O)Cc3ccccc3)CC2)cc1. The number of rotatable bonds is 8. The molecule has 0 saturated carbocycles. The van der Waals surface area contributed by atoms with Crippen LogP contribution in [0, 0.1) is 0 Å². The maximum Gasteiger partial charge on any atom is 0.218 e. The highest BCUT2D eigenvalue weighted by Crippen LogP contribution is 2.17. The van der Waals surface area contributed by atoms with Crippen LogP contribution in [0.3, 0.4) is 0 Å². The second kappa shape index (κ2) is 9.21. The van der Waals surface area contributed by atoms with Gasteiger partial charge in [-0.25, -0.2) is 8.42 Å². The van der Waals surface area contributed by atoms with Gasteiger partial charge in [0.1, 0.15) is 18.1 Å². The van der Waals surface area contributed by atoms with Gasteiger partial charge in [-0.2, -0.15) is 4.31 Å². The third kappa shape index (κ3) is 5.69. The fourth-order valence-corrected chi connectivity index (χ4v) is 4.59. The number of piperazine rings is 1. The van der Waals surface area contributed by atoms with Gasteiger partial charge in [-0.3, -0.25) is 4.90 Å². The number of ether oxygens (including phenoxy) is 2. The molecular weight excluding hydrogens is 364 g/mol. The van der Waals surface area contributed by atoms with E-state index >= 15 is 0 Å². The summed E-state index contributed by atoms with van der Waals surface area (Å²) in [7, 11) is -1.63. The number of sulfonamides is 1. The van der Waals surface area contributed by atoms with Crippen LogP contribution >= 0.6 is 0 Å². The maximum atomic E-state index is 12.6. The van der Waals surface area contributed by atoms with Gasteiger partial charge in [-0.1, -0.05) is 30.3 Å². The highest BCUT2D eigenvalue weighted by molar-refractivity contribution is 7.88. The minimum Gasteiger partial charge on any atom is -0.497 e. The standard InChI is InChI=1S/C20H26N2O4S/c1-25-19-7-9-20(10-8-19)26-16-15-21-11-13-22(14-12-21)27(23,24)17-18-5-3-2-4-6-18/h2-10H,11-17H2,1H3. The van der Waals surface area contributed by atoms with Gasteiger partial charge >= 0.3 is 0 Å². The molecule has 6 nitrogen and oxygen atoms in total. The Morgan fingerprint density at radius 2 is 1.52 bits per heavy atom. The first-order valence-electron chi connectivity index (χ1n) is 9.08. The van der Waals surface area contributed by atoms with E-state index in [9.17, 15) is 8.42 Å². The summed E-state index contributed by atoms with van der Waals surface area (Å²) in [6.07, 6.45) is 0. The lowest BCUT2D eigenvalue weighted by Gasteiger charge is -2.33. The van der Waals surface area contributed by atoms with Gasteiger partial charge in [-0.15, -0.1) is 0 Å². The largest absolute Gasteiger partial charge is 0.497 e. The molecule has 146 valence electrons. The average Bonchev–Trinajstić information content (AvgIpc) is 2.69. The third-order valence-corrected chi connectivity index (χ3v) is 6.50. The van der Waals surface area contributed by atoms with Crippen LogP contribution in [0.25, 0.3) is 0 Å². The molecule has 0 aliphatic carbocycles. The Bertz CT molecular complexity index is 802. The predicted molar refractivity (Wildman–Crippen MR) is 106 cm³/mol. The molecule has 3 rings (SSSR count). The van der Waals surface area contributed by atoms with E-state index in [1.807, 2.05) is 54.6 Å². The van der Waals surface area contributed by atoms with Gasteiger partial charge in [0, 0.05) is 32.7 Å². The summed E-state index contributed by atoms with van der Waals surface area (Å²) in [5.74, 6) is 1.67. The predicted octanol–water partition coefficient (Wildman–Crippen LogP) is 2.22. The Kier molecular flexibility index (Phi) is 6.71. The Morgan fingerprint density at radius 1 is 0.889 bits per heavy atom. The molecule has 1 heterocycles. The number of methoxy groups -OCH3 is 1. The molecule has 2 aromatic carbocycles. The van der Waals surface area contributed by atoms with Crippen molar-refractivity contribution in [2.75, 3.05) is 46.4 Å². The van der Waals surface area contributed by atoms with Crippen LogP contribution in [0.2, 0.25) is 0 Å². The van der Waals surface area contributed by atoms with Gasteiger partial charge in [0.15, 0.2) is 0 Å². The molecule has 0 bridgehead atoms. The smallest absolute Gasteiger partial charge is 0.218 e. The Hall–Kier alpha value is -2.09. The molecule has 7 heteroatoms. The van der Waals surface area contributed by atoms with Crippen LogP contribution < -0.4 is 9.47 Å². The Labute approximate surface area is 161 Å². The zero-order chi connectivity index (χ0) is 19.1. The Morgan fingerprint density at radius 3 is 2.15 bits per heavy atom. The van der Waals surface area contributed by atoms with Crippen LogP contribution in [-0.2, 0) is 15.8 Å². The van der Waals surface area contributed by atoms with E-state index in [1.54, 1.807) is 11.4 Å². The zero-order valence-corrected chi connectivity index (χ0v) is 16.4. The van der Waals surface area contributed by atoms with Crippen molar-refractivity contribution in [3.8, 4) is 11.5 Å². The molecule has 1 fully saturated rings. The second-order valence-corrected chi connectivity index (χ2v) is 8.48. The number of hydrogen-bond donors (Lipinski definition) is 0. The molecule has 1 aliphatic heterocycles. The fourth-order valence-electron chi connectivity index (χ4n) is 3.07. The average molecular weight is 391 g/mol. The van der Waals surface area contributed by atoms with Gasteiger partial charge in [0.25, 0.3) is 0 Å². The summed E-state index contributed by atoms with van der Waals surface area (Å²) in [6, 6.07) is 16.8. The first kappa shape index (κ1) is 19.7. The monoisotopic (exact) mass is 390 g/mol. The van der Waals surface area contributed by atoms with E-state index in [-0.39, 0.29) is 5.75 Å². The minimum atomic E-state index is -3.27. The quantitative estimate of drug-likeness (QED) is 0.692. The summed E-state index contributed by atoms with van der Waals surface area (Å²) < 4.78 is 37.6. The summed E-state index contributed by atoms with van der Waals surface area (Å²) in [6.45, 7) is 3.84. The van der Waals surface area contributed by atoms with Crippen molar-refractivity contribution in [3.63, 3.8) is 0 Å². The molecule has 0 unspecified atom stereocenters. The number of nitrogens with zero attached hydrogens (tertiary/aromatic N) is 2. The third-order valence-electron chi connectivity index (χ3n) is 4.65. The van der Waals surface area contributed by atoms with E-state index in [4.69, 9.17) is 9.47 Å². The molecule has 1 saturated heterocycles. The van der Waals surface area contributed by atoms with Crippen LogP contribution in [0.15, 0.2) is 54.6 Å². The van der Waals surface area contributed by atoms with Crippen LogP contribution in [0.1, 0.15) is 5.56 Å². The van der Waals surface area contributed by atoms with Crippen molar-refractivity contribution >= 4 is 10.0 Å². The lowest BCUT2D eigenvalue weighted by Crippen LogP contribution is -2.49. The van der Waals surface area contributed by atoms with Crippen LogP contribution in [0.4, 0.5) is 0 Å².